The van der Waals surface area contributed by atoms with Gasteiger partial charge >= 0.3 is 0 Å². The number of hydrogen-bond acceptors (Lipinski definition) is 8. The summed E-state index contributed by atoms with van der Waals surface area (Å²) in [6.45, 7) is 6.17. The summed E-state index contributed by atoms with van der Waals surface area (Å²) in [7, 11) is 3.36. The maximum Gasteiger partial charge on any atom is 0.173 e. The van der Waals surface area contributed by atoms with Crippen LogP contribution >= 0.6 is 0 Å². The minimum Gasteiger partial charge on any atom is -0.497 e. The normalized spacial score (nSPS) is 20.1. The zero-order chi connectivity index (χ0) is 24.0. The Balaban J connectivity index is 1.41. The number of nitrogens with zero attached hydrogens (tertiary/aromatic N) is 6. The fourth-order valence-electron chi connectivity index (χ4n) is 5.08. The number of piperazine rings is 1. The molecule has 0 bridgehead atoms. The van der Waals surface area contributed by atoms with E-state index in [9.17, 15) is 0 Å². The number of rotatable bonds is 9. The highest BCUT2D eigenvalue weighted by Crippen LogP contribution is 2.36. The Morgan fingerprint density at radius 3 is 2.57 bits per heavy atom. The number of benzene rings is 2. The maximum atomic E-state index is 5.88. The first-order valence-corrected chi connectivity index (χ1v) is 12.3. The molecule has 2 saturated heterocycles. The molecule has 2 atom stereocenters. The summed E-state index contributed by atoms with van der Waals surface area (Å²) < 4.78 is 19.1. The van der Waals surface area contributed by atoms with Crippen LogP contribution in [0.2, 0.25) is 0 Å². The van der Waals surface area contributed by atoms with Crippen molar-refractivity contribution in [2.24, 2.45) is 0 Å². The number of aromatic nitrogens is 4. The van der Waals surface area contributed by atoms with Crippen molar-refractivity contribution in [3.63, 3.8) is 0 Å². The minimum atomic E-state index is -0.133. The first kappa shape index (κ1) is 23.7. The van der Waals surface area contributed by atoms with Gasteiger partial charge in [-0.3, -0.25) is 9.80 Å². The maximum absolute atomic E-state index is 5.88. The summed E-state index contributed by atoms with van der Waals surface area (Å²) in [6, 6.07) is 16.5. The van der Waals surface area contributed by atoms with Crippen molar-refractivity contribution in [1.29, 1.82) is 0 Å². The van der Waals surface area contributed by atoms with Gasteiger partial charge in [0.2, 0.25) is 0 Å². The highest BCUT2D eigenvalue weighted by molar-refractivity contribution is 5.44. The largest absolute Gasteiger partial charge is 0.497 e. The molecule has 3 aromatic rings. The van der Waals surface area contributed by atoms with E-state index in [4.69, 9.17) is 14.2 Å². The summed E-state index contributed by atoms with van der Waals surface area (Å²) in [4.78, 5) is 4.97. The van der Waals surface area contributed by atoms with Gasteiger partial charge in [0.05, 0.1) is 26.9 Å². The molecule has 0 aliphatic carbocycles. The number of ether oxygens (including phenoxy) is 3. The van der Waals surface area contributed by atoms with Crippen LogP contribution < -0.4 is 9.47 Å². The van der Waals surface area contributed by atoms with Crippen molar-refractivity contribution in [2.45, 2.75) is 38.1 Å². The van der Waals surface area contributed by atoms with E-state index in [-0.39, 0.29) is 12.1 Å². The molecule has 5 rings (SSSR count). The van der Waals surface area contributed by atoms with Crippen molar-refractivity contribution in [1.82, 2.24) is 30.0 Å². The second-order valence-electron chi connectivity index (χ2n) is 9.16. The summed E-state index contributed by atoms with van der Waals surface area (Å²) in [5, 5.41) is 12.9. The van der Waals surface area contributed by atoms with E-state index in [1.165, 1.54) is 5.56 Å². The molecule has 0 saturated carbocycles. The van der Waals surface area contributed by atoms with Gasteiger partial charge in [0.1, 0.15) is 17.5 Å². The van der Waals surface area contributed by atoms with Crippen LogP contribution in [0.1, 0.15) is 35.8 Å². The molecule has 0 unspecified atom stereocenters. The SMILES string of the molecule is COc1ccc([C@@H](c2nnnn2C[C@H]2CCCO2)N2CCN(Cc3ccccc3)CC2)c(OC)c1. The average Bonchev–Trinajstić information content (AvgIpc) is 3.59. The van der Waals surface area contributed by atoms with Crippen molar-refractivity contribution < 1.29 is 14.2 Å². The Morgan fingerprint density at radius 2 is 1.86 bits per heavy atom. The third-order valence-corrected chi connectivity index (χ3v) is 6.96. The van der Waals surface area contributed by atoms with Crippen LogP contribution in [0.15, 0.2) is 48.5 Å². The Hall–Kier alpha value is -3.01. The monoisotopic (exact) mass is 478 g/mol. The van der Waals surface area contributed by atoms with Crippen molar-refractivity contribution in [2.75, 3.05) is 47.0 Å². The molecule has 0 spiro atoms. The second kappa shape index (κ2) is 11.2. The van der Waals surface area contributed by atoms with Crippen LogP contribution in [-0.4, -0.2) is 83.1 Å². The third kappa shape index (κ3) is 5.47. The molecule has 0 radical (unpaired) electrons. The fourth-order valence-corrected chi connectivity index (χ4v) is 5.08. The van der Waals surface area contributed by atoms with Gasteiger partial charge in [-0.25, -0.2) is 4.68 Å². The molecular formula is C26H34N6O3. The van der Waals surface area contributed by atoms with E-state index in [0.29, 0.717) is 6.54 Å². The van der Waals surface area contributed by atoms with Crippen molar-refractivity contribution in [3.8, 4) is 11.5 Å². The molecule has 0 N–H and O–H groups in total. The Kier molecular flexibility index (Phi) is 7.56. The van der Waals surface area contributed by atoms with E-state index in [1.807, 2.05) is 16.8 Å². The molecule has 2 aliphatic heterocycles. The van der Waals surface area contributed by atoms with Crippen molar-refractivity contribution >= 4 is 0 Å². The Bertz CT molecular complexity index is 1080. The van der Waals surface area contributed by atoms with Crippen LogP contribution in [0.5, 0.6) is 11.5 Å². The molecular weight excluding hydrogens is 444 g/mol. The van der Waals surface area contributed by atoms with E-state index in [1.54, 1.807) is 14.2 Å². The zero-order valence-corrected chi connectivity index (χ0v) is 20.5. The molecule has 9 heteroatoms. The van der Waals surface area contributed by atoms with E-state index < -0.39 is 0 Å². The number of methoxy groups -OCH3 is 2. The van der Waals surface area contributed by atoms with Gasteiger partial charge in [0.15, 0.2) is 5.82 Å². The van der Waals surface area contributed by atoms with Gasteiger partial charge in [-0.05, 0) is 41.0 Å². The highest BCUT2D eigenvalue weighted by Gasteiger charge is 2.33. The second-order valence-corrected chi connectivity index (χ2v) is 9.16. The van der Waals surface area contributed by atoms with Gasteiger partial charge in [-0.2, -0.15) is 0 Å². The summed E-state index contributed by atoms with van der Waals surface area (Å²) >= 11 is 0. The first-order valence-electron chi connectivity index (χ1n) is 12.3. The molecule has 0 amide bonds. The number of tetrazole rings is 1. The Labute approximate surface area is 206 Å². The first-order chi connectivity index (χ1) is 17.2. The summed E-state index contributed by atoms with van der Waals surface area (Å²) in [6.07, 6.45) is 2.27. The molecule has 3 heterocycles. The molecule has 2 aliphatic rings. The van der Waals surface area contributed by atoms with E-state index in [0.717, 1.165) is 75.1 Å². The average molecular weight is 479 g/mol. The van der Waals surface area contributed by atoms with Crippen LogP contribution in [0, 0.1) is 0 Å². The van der Waals surface area contributed by atoms with E-state index >= 15 is 0 Å². The smallest absolute Gasteiger partial charge is 0.173 e. The molecule has 186 valence electrons. The van der Waals surface area contributed by atoms with Crippen LogP contribution in [-0.2, 0) is 17.8 Å². The third-order valence-electron chi connectivity index (χ3n) is 6.96. The van der Waals surface area contributed by atoms with Gasteiger partial charge in [-0.1, -0.05) is 30.3 Å². The molecule has 2 aromatic carbocycles. The summed E-state index contributed by atoms with van der Waals surface area (Å²) in [5.41, 5.74) is 2.38. The van der Waals surface area contributed by atoms with Crippen molar-refractivity contribution in [3.05, 3.63) is 65.5 Å². The molecule has 35 heavy (non-hydrogen) atoms. The predicted octanol–water partition coefficient (Wildman–Crippen LogP) is 2.78. The van der Waals surface area contributed by atoms with Gasteiger partial charge in [-0.15, -0.1) is 5.10 Å². The molecule has 2 fully saturated rings. The van der Waals surface area contributed by atoms with Crippen LogP contribution in [0.4, 0.5) is 0 Å². The van der Waals surface area contributed by atoms with Gasteiger partial charge < -0.3 is 14.2 Å². The lowest BCUT2D eigenvalue weighted by atomic mass is 10.0. The Morgan fingerprint density at radius 1 is 1.03 bits per heavy atom. The summed E-state index contributed by atoms with van der Waals surface area (Å²) in [5.74, 6) is 2.35. The molecule has 9 nitrogen and oxygen atoms in total. The van der Waals surface area contributed by atoms with Gasteiger partial charge in [0.25, 0.3) is 0 Å². The lowest BCUT2D eigenvalue weighted by molar-refractivity contribution is 0.0838. The lowest BCUT2D eigenvalue weighted by Crippen LogP contribution is -2.48. The zero-order valence-electron chi connectivity index (χ0n) is 20.5. The standard InChI is InChI=1S/C26H34N6O3/c1-33-21-10-11-23(24(17-21)34-2)25(26-27-28-29-32(26)19-22-9-6-16-35-22)31-14-12-30(13-15-31)18-20-7-4-3-5-8-20/h3-5,7-8,10-11,17,22,25H,6,9,12-16,18-19H2,1-2H3/t22-,25+/m1/s1. The fraction of sp³-hybridized carbons (Fsp3) is 0.500. The topological polar surface area (TPSA) is 77.8 Å². The minimum absolute atomic E-state index is 0.133. The number of hydrogen-bond donors (Lipinski definition) is 0. The lowest BCUT2D eigenvalue weighted by Gasteiger charge is -2.39. The highest BCUT2D eigenvalue weighted by atomic mass is 16.5. The van der Waals surface area contributed by atoms with E-state index in [2.05, 4.69) is 61.7 Å². The van der Waals surface area contributed by atoms with Crippen LogP contribution in [0.25, 0.3) is 0 Å². The molecule has 1 aromatic heterocycles. The van der Waals surface area contributed by atoms with Crippen LogP contribution in [0.3, 0.4) is 0 Å². The predicted molar refractivity (Wildman–Crippen MR) is 131 cm³/mol. The quantitative estimate of drug-likeness (QED) is 0.465. The van der Waals surface area contributed by atoms with Gasteiger partial charge in [0, 0.05) is 51.0 Å².